The molecular weight excluding hydrogens is 450 g/mol. The molecule has 1 heterocycles. The highest BCUT2D eigenvalue weighted by Crippen LogP contribution is 2.19. The summed E-state index contributed by atoms with van der Waals surface area (Å²) in [4.78, 5) is 52.7. The maximum absolute atomic E-state index is 13.1. The van der Waals surface area contributed by atoms with E-state index in [1.807, 2.05) is 52.0 Å². The number of aromatic nitrogens is 1. The molecule has 3 unspecified atom stereocenters. The molecule has 0 radical (unpaired) electrons. The lowest BCUT2D eigenvalue weighted by Gasteiger charge is -2.22. The van der Waals surface area contributed by atoms with Crippen molar-refractivity contribution in [1.82, 2.24) is 20.9 Å². The predicted octanol–water partition coefficient (Wildman–Crippen LogP) is 1.30. The summed E-state index contributed by atoms with van der Waals surface area (Å²) in [5, 5.41) is 18.1. The predicted molar refractivity (Wildman–Crippen MR) is 133 cm³/mol. The Kier molecular flexibility index (Phi) is 10.3. The van der Waals surface area contributed by atoms with Gasteiger partial charge in [-0.25, -0.2) is 4.79 Å². The van der Waals surface area contributed by atoms with E-state index in [2.05, 4.69) is 20.9 Å². The van der Waals surface area contributed by atoms with Gasteiger partial charge in [-0.05, 0) is 36.3 Å². The van der Waals surface area contributed by atoms with Crippen LogP contribution in [0.2, 0.25) is 0 Å². The number of carbonyl (C=O) groups excluding carboxylic acids is 3. The molecule has 0 aliphatic heterocycles. The van der Waals surface area contributed by atoms with Crippen LogP contribution in [0.1, 0.15) is 46.1 Å². The molecule has 0 saturated heterocycles. The first kappa shape index (κ1) is 27.8. The summed E-state index contributed by atoms with van der Waals surface area (Å²) in [6.45, 7) is 7.26. The molecule has 0 bridgehead atoms. The first-order valence-corrected chi connectivity index (χ1v) is 11.9. The van der Waals surface area contributed by atoms with E-state index in [1.165, 1.54) is 0 Å². The zero-order valence-electron chi connectivity index (χ0n) is 20.8. The Labute approximate surface area is 205 Å². The zero-order valence-corrected chi connectivity index (χ0v) is 20.8. The van der Waals surface area contributed by atoms with Gasteiger partial charge in [-0.2, -0.15) is 0 Å². The number of hydrogen-bond donors (Lipinski definition) is 6. The van der Waals surface area contributed by atoms with Crippen molar-refractivity contribution < 1.29 is 24.3 Å². The summed E-state index contributed by atoms with van der Waals surface area (Å²) in [6, 6.07) is 4.67. The highest BCUT2D eigenvalue weighted by atomic mass is 16.4. The molecule has 192 valence electrons. The third-order valence-electron chi connectivity index (χ3n) is 5.56. The molecule has 0 fully saturated rings. The first-order chi connectivity index (χ1) is 16.5. The number of benzene rings is 1. The number of carboxylic acids is 1. The average molecular weight is 488 g/mol. The van der Waals surface area contributed by atoms with Gasteiger partial charge in [0, 0.05) is 23.5 Å². The van der Waals surface area contributed by atoms with Crippen LogP contribution in [-0.4, -0.2) is 58.5 Å². The number of carboxylic acid groups (broad SMARTS) is 1. The van der Waals surface area contributed by atoms with Gasteiger partial charge in [0.15, 0.2) is 0 Å². The normalized spacial score (nSPS) is 13.9. The fourth-order valence-electron chi connectivity index (χ4n) is 3.85. The van der Waals surface area contributed by atoms with Crippen LogP contribution >= 0.6 is 0 Å². The van der Waals surface area contributed by atoms with Gasteiger partial charge >= 0.3 is 5.97 Å². The van der Waals surface area contributed by atoms with Crippen LogP contribution in [0.3, 0.4) is 0 Å². The largest absolute Gasteiger partial charge is 0.480 e. The smallest absolute Gasteiger partial charge is 0.326 e. The quantitative estimate of drug-likeness (QED) is 0.249. The lowest BCUT2D eigenvalue weighted by atomic mass is 10.0. The molecule has 0 aliphatic rings. The minimum Gasteiger partial charge on any atom is -0.480 e. The molecule has 3 amide bonds. The molecule has 0 saturated carbocycles. The van der Waals surface area contributed by atoms with Crippen LogP contribution in [0.25, 0.3) is 10.9 Å². The van der Waals surface area contributed by atoms with Crippen LogP contribution in [0.5, 0.6) is 0 Å². The molecule has 10 heteroatoms. The Morgan fingerprint density at radius 3 is 2.23 bits per heavy atom. The van der Waals surface area contributed by atoms with Crippen molar-refractivity contribution in [3.63, 3.8) is 0 Å². The molecule has 1 aromatic carbocycles. The average Bonchev–Trinajstić information content (AvgIpc) is 3.18. The summed E-state index contributed by atoms with van der Waals surface area (Å²) in [5.74, 6) is -2.51. The van der Waals surface area contributed by atoms with E-state index < -0.39 is 41.8 Å². The number of carbonyl (C=O) groups is 4. The monoisotopic (exact) mass is 487 g/mol. The van der Waals surface area contributed by atoms with Crippen LogP contribution < -0.4 is 21.7 Å². The summed E-state index contributed by atoms with van der Waals surface area (Å²) < 4.78 is 0. The number of rotatable bonds is 13. The summed E-state index contributed by atoms with van der Waals surface area (Å²) in [6.07, 6.45) is 2.62. The Balaban J connectivity index is 2.14. The van der Waals surface area contributed by atoms with Crippen LogP contribution in [0, 0.1) is 11.8 Å². The highest BCUT2D eigenvalue weighted by Gasteiger charge is 2.28. The Hall–Kier alpha value is -3.40. The third-order valence-corrected chi connectivity index (χ3v) is 5.56. The van der Waals surface area contributed by atoms with E-state index in [4.69, 9.17) is 5.73 Å². The SMILES string of the molecule is CC(C)CC(N)C(=O)NCC(=O)NC(Cc1c[nH]c2ccccc12)C(=O)NC(CC(C)C)C(=O)O. The van der Waals surface area contributed by atoms with Gasteiger partial charge < -0.3 is 31.8 Å². The Morgan fingerprint density at radius 2 is 1.60 bits per heavy atom. The van der Waals surface area contributed by atoms with E-state index in [0.717, 1.165) is 16.5 Å². The molecule has 1 aromatic heterocycles. The minimum atomic E-state index is -1.14. The maximum Gasteiger partial charge on any atom is 0.326 e. The number of nitrogens with two attached hydrogens (primary N) is 1. The van der Waals surface area contributed by atoms with Gasteiger partial charge in [-0.1, -0.05) is 45.9 Å². The molecule has 2 aromatic rings. The number of amides is 3. The van der Waals surface area contributed by atoms with Crippen LogP contribution in [0.15, 0.2) is 30.5 Å². The van der Waals surface area contributed by atoms with Gasteiger partial charge in [0.2, 0.25) is 17.7 Å². The van der Waals surface area contributed by atoms with E-state index in [9.17, 15) is 24.3 Å². The number of H-pyrrole nitrogens is 1. The molecule has 2 rings (SSSR count). The fourth-order valence-corrected chi connectivity index (χ4v) is 3.85. The summed E-state index contributed by atoms with van der Waals surface area (Å²) in [7, 11) is 0. The summed E-state index contributed by atoms with van der Waals surface area (Å²) in [5.41, 5.74) is 7.52. The summed E-state index contributed by atoms with van der Waals surface area (Å²) >= 11 is 0. The Morgan fingerprint density at radius 1 is 0.943 bits per heavy atom. The van der Waals surface area contributed by atoms with Crippen LogP contribution in [-0.2, 0) is 25.6 Å². The van der Waals surface area contributed by atoms with Crippen molar-refractivity contribution in [3.8, 4) is 0 Å². The standard InChI is InChI=1S/C25H37N5O5/c1-14(2)9-18(26)23(32)28-13-22(31)29-20(24(33)30-21(25(34)35)10-15(3)4)11-16-12-27-19-8-6-5-7-17(16)19/h5-8,12,14-15,18,20-21,27H,9-11,13,26H2,1-4H3,(H,28,32)(H,29,31)(H,30,33)(H,34,35). The lowest BCUT2D eigenvalue weighted by molar-refractivity contribution is -0.142. The van der Waals surface area contributed by atoms with Crippen molar-refractivity contribution in [1.29, 1.82) is 0 Å². The van der Waals surface area contributed by atoms with Crippen molar-refractivity contribution in [2.24, 2.45) is 17.6 Å². The van der Waals surface area contributed by atoms with Crippen molar-refractivity contribution >= 4 is 34.6 Å². The van der Waals surface area contributed by atoms with Crippen LogP contribution in [0.4, 0.5) is 0 Å². The number of hydrogen-bond acceptors (Lipinski definition) is 5. The van der Waals surface area contributed by atoms with E-state index in [0.29, 0.717) is 6.42 Å². The minimum absolute atomic E-state index is 0.0447. The van der Waals surface area contributed by atoms with Crippen molar-refractivity contribution in [2.75, 3.05) is 6.54 Å². The molecule has 35 heavy (non-hydrogen) atoms. The van der Waals surface area contributed by atoms with Gasteiger partial charge in [-0.3, -0.25) is 14.4 Å². The number of aromatic amines is 1. The molecule has 10 nitrogen and oxygen atoms in total. The van der Waals surface area contributed by atoms with Crippen molar-refractivity contribution in [2.45, 2.75) is 65.1 Å². The second-order valence-electron chi connectivity index (χ2n) is 9.67. The fraction of sp³-hybridized carbons (Fsp3) is 0.520. The molecule has 0 aliphatic carbocycles. The molecule has 3 atom stereocenters. The topological polar surface area (TPSA) is 166 Å². The second-order valence-corrected chi connectivity index (χ2v) is 9.67. The molecular formula is C25H37N5O5. The zero-order chi connectivity index (χ0) is 26.1. The van der Waals surface area contributed by atoms with Gasteiger partial charge in [0.25, 0.3) is 0 Å². The number of para-hydroxylation sites is 1. The third kappa shape index (κ3) is 8.71. The lowest BCUT2D eigenvalue weighted by Crippen LogP contribution is -2.54. The second kappa shape index (κ2) is 12.9. The highest BCUT2D eigenvalue weighted by molar-refractivity contribution is 5.93. The van der Waals surface area contributed by atoms with E-state index >= 15 is 0 Å². The van der Waals surface area contributed by atoms with Gasteiger partial charge in [0.05, 0.1) is 12.6 Å². The number of nitrogens with one attached hydrogen (secondary N) is 4. The molecule has 0 spiro atoms. The van der Waals surface area contributed by atoms with E-state index in [1.54, 1.807) is 6.20 Å². The molecule has 7 N–H and O–H groups in total. The number of aliphatic carboxylic acids is 1. The van der Waals surface area contributed by atoms with E-state index in [-0.39, 0.29) is 31.2 Å². The van der Waals surface area contributed by atoms with Crippen molar-refractivity contribution in [3.05, 3.63) is 36.0 Å². The number of fused-ring (bicyclic) bond motifs is 1. The van der Waals surface area contributed by atoms with Gasteiger partial charge in [0.1, 0.15) is 12.1 Å². The van der Waals surface area contributed by atoms with Gasteiger partial charge in [-0.15, -0.1) is 0 Å². The first-order valence-electron chi connectivity index (χ1n) is 11.9. The Bertz CT molecular complexity index is 1030. The maximum atomic E-state index is 13.1.